The summed E-state index contributed by atoms with van der Waals surface area (Å²) in [4.78, 5) is 27.4. The van der Waals surface area contributed by atoms with Gasteiger partial charge in [-0.3, -0.25) is 4.90 Å². The Bertz CT molecular complexity index is 1420. The lowest BCUT2D eigenvalue weighted by molar-refractivity contribution is -0.140. The smallest absolute Gasteiger partial charge is 0.416 e. The van der Waals surface area contributed by atoms with E-state index in [4.69, 9.17) is 15.1 Å². The molecule has 0 saturated heterocycles. The van der Waals surface area contributed by atoms with Crippen molar-refractivity contribution < 1.29 is 27.8 Å². The van der Waals surface area contributed by atoms with Gasteiger partial charge < -0.3 is 9.84 Å². The normalized spacial score (nSPS) is 15.4. The van der Waals surface area contributed by atoms with E-state index in [-0.39, 0.29) is 42.5 Å². The second kappa shape index (κ2) is 9.71. The van der Waals surface area contributed by atoms with Crippen molar-refractivity contribution in [1.29, 1.82) is 5.26 Å². The largest absolute Gasteiger partial charge is 0.462 e. The molecule has 1 atom stereocenters. The number of halogens is 3. The van der Waals surface area contributed by atoms with E-state index < -0.39 is 29.4 Å². The number of allylic oxidation sites excluding steroid dienone is 1. The van der Waals surface area contributed by atoms with Crippen LogP contribution in [0.25, 0.3) is 0 Å². The Hall–Kier alpha value is -4.37. The Morgan fingerprint density at radius 2 is 1.97 bits per heavy atom. The number of nitrogens with zero attached hydrogens (tertiary/aromatic N) is 4. The number of ether oxygens (including phenoxy) is 1. The number of esters is 1. The maximum absolute atomic E-state index is 13.4. The third-order valence-electron chi connectivity index (χ3n) is 5.69. The first kappa shape index (κ1) is 24.7. The molecular formula is C24H20F3N5O4. The highest BCUT2D eigenvalue weighted by atomic mass is 19.4. The summed E-state index contributed by atoms with van der Waals surface area (Å²) < 4.78 is 46.8. The summed E-state index contributed by atoms with van der Waals surface area (Å²) in [5, 5.41) is 24.5. The third-order valence-corrected chi connectivity index (χ3v) is 5.69. The molecule has 3 aromatic rings. The number of nitrogens with one attached hydrogen (secondary N) is 1. The van der Waals surface area contributed by atoms with Gasteiger partial charge in [-0.2, -0.15) is 18.4 Å². The van der Waals surface area contributed by atoms with E-state index in [1.807, 2.05) is 6.07 Å². The second-order valence-corrected chi connectivity index (χ2v) is 7.93. The van der Waals surface area contributed by atoms with Gasteiger partial charge >= 0.3 is 17.8 Å². The number of hydrogen-bond acceptors (Lipinski definition) is 7. The van der Waals surface area contributed by atoms with Crippen LogP contribution in [-0.4, -0.2) is 39.1 Å². The topological polar surface area (TPSA) is 124 Å². The van der Waals surface area contributed by atoms with Crippen molar-refractivity contribution in [2.75, 3.05) is 18.1 Å². The van der Waals surface area contributed by atoms with E-state index in [2.05, 4.69) is 10.2 Å². The Labute approximate surface area is 202 Å². The fourth-order valence-electron chi connectivity index (χ4n) is 4.04. The Balaban J connectivity index is 1.94. The van der Waals surface area contributed by atoms with Crippen LogP contribution in [0.5, 0.6) is 0 Å². The zero-order valence-electron chi connectivity index (χ0n) is 18.9. The lowest BCUT2D eigenvalue weighted by atomic mass is 9.93. The summed E-state index contributed by atoms with van der Waals surface area (Å²) in [6.07, 6.45) is -4.44. The minimum Gasteiger partial charge on any atom is -0.462 e. The van der Waals surface area contributed by atoms with Crippen LogP contribution >= 0.6 is 0 Å². The number of carbonyl (C=O) groups excluding carboxylic acids is 1. The summed E-state index contributed by atoms with van der Waals surface area (Å²) in [5.74, 6) is -0.843. The third kappa shape index (κ3) is 4.48. The predicted molar refractivity (Wildman–Crippen MR) is 121 cm³/mol. The first-order valence-electron chi connectivity index (χ1n) is 10.8. The average Bonchev–Trinajstić information content (AvgIpc) is 3.23. The number of anilines is 2. The number of aromatic nitrogens is 3. The SMILES string of the molecule is CC1=C(C(=O)OCCCO)C(c2ccc(C#N)cc2)n2c(n[nH]c2=O)N1c1cccc(C(F)(F)F)c1. The maximum Gasteiger partial charge on any atom is 0.416 e. The average molecular weight is 499 g/mol. The van der Waals surface area contributed by atoms with Gasteiger partial charge in [-0.1, -0.05) is 18.2 Å². The number of rotatable bonds is 6. The molecule has 4 rings (SSSR count). The van der Waals surface area contributed by atoms with Crippen LogP contribution in [0.2, 0.25) is 0 Å². The molecule has 1 aromatic heterocycles. The van der Waals surface area contributed by atoms with Crippen LogP contribution in [0, 0.1) is 11.3 Å². The van der Waals surface area contributed by atoms with Gasteiger partial charge in [0.1, 0.15) is 6.04 Å². The first-order chi connectivity index (χ1) is 17.2. The number of nitriles is 1. The summed E-state index contributed by atoms with van der Waals surface area (Å²) in [7, 11) is 0. The Morgan fingerprint density at radius 3 is 2.61 bits per heavy atom. The lowest BCUT2D eigenvalue weighted by Crippen LogP contribution is -2.38. The number of benzene rings is 2. The fraction of sp³-hybridized carbons (Fsp3) is 0.250. The number of aliphatic hydroxyl groups is 1. The van der Waals surface area contributed by atoms with Gasteiger partial charge in [0.15, 0.2) is 0 Å². The van der Waals surface area contributed by atoms with Gasteiger partial charge in [0.25, 0.3) is 0 Å². The number of carbonyl (C=O) groups is 1. The molecule has 1 aliphatic rings. The van der Waals surface area contributed by atoms with E-state index in [9.17, 15) is 22.8 Å². The van der Waals surface area contributed by atoms with Gasteiger partial charge in [-0.15, -0.1) is 5.10 Å². The van der Waals surface area contributed by atoms with Crippen molar-refractivity contribution in [2.24, 2.45) is 0 Å². The van der Waals surface area contributed by atoms with Crippen LogP contribution in [0.3, 0.4) is 0 Å². The molecule has 186 valence electrons. The summed E-state index contributed by atoms with van der Waals surface area (Å²) >= 11 is 0. The Kier molecular flexibility index (Phi) is 6.67. The van der Waals surface area contributed by atoms with Crippen molar-refractivity contribution >= 4 is 17.6 Å². The molecule has 2 heterocycles. The summed E-state index contributed by atoms with van der Waals surface area (Å²) in [6, 6.07) is 11.5. The molecule has 12 heteroatoms. The Morgan fingerprint density at radius 1 is 1.25 bits per heavy atom. The van der Waals surface area contributed by atoms with Crippen molar-refractivity contribution in [3.05, 3.63) is 87.0 Å². The quantitative estimate of drug-likeness (QED) is 0.394. The van der Waals surface area contributed by atoms with Crippen LogP contribution in [0.15, 0.2) is 64.6 Å². The maximum atomic E-state index is 13.4. The molecule has 0 aliphatic carbocycles. The number of fused-ring (bicyclic) bond motifs is 1. The molecule has 1 unspecified atom stereocenters. The minimum absolute atomic E-state index is 0.00828. The first-order valence-corrected chi connectivity index (χ1v) is 10.8. The number of aliphatic hydroxyl groups excluding tert-OH is 1. The van der Waals surface area contributed by atoms with E-state index in [0.29, 0.717) is 11.1 Å². The van der Waals surface area contributed by atoms with Gasteiger partial charge in [-0.05, 0) is 42.8 Å². The minimum atomic E-state index is -4.62. The van der Waals surface area contributed by atoms with Crippen LogP contribution in [0.4, 0.5) is 24.8 Å². The van der Waals surface area contributed by atoms with Crippen LogP contribution in [0.1, 0.15) is 36.1 Å². The van der Waals surface area contributed by atoms with Gasteiger partial charge in [0.05, 0.1) is 29.4 Å². The highest BCUT2D eigenvalue weighted by Gasteiger charge is 2.40. The van der Waals surface area contributed by atoms with Gasteiger partial charge in [0.2, 0.25) is 5.95 Å². The lowest BCUT2D eigenvalue weighted by Gasteiger charge is -2.35. The number of H-pyrrole nitrogens is 1. The van der Waals surface area contributed by atoms with Crippen molar-refractivity contribution in [2.45, 2.75) is 25.6 Å². The summed E-state index contributed by atoms with van der Waals surface area (Å²) in [5.41, 5.74) is -0.594. The van der Waals surface area contributed by atoms with Crippen LogP contribution < -0.4 is 10.6 Å². The van der Waals surface area contributed by atoms with Gasteiger partial charge in [0, 0.05) is 24.4 Å². The molecule has 0 bridgehead atoms. The molecule has 9 nitrogen and oxygen atoms in total. The predicted octanol–water partition coefficient (Wildman–Crippen LogP) is 3.40. The highest BCUT2D eigenvalue weighted by molar-refractivity contribution is 5.93. The standard InChI is InChI=1S/C24H20F3N5O4/c1-14-19(21(34)36-11-3-10-33)20(16-8-6-15(13-28)7-9-16)32-22(29-30-23(32)35)31(14)18-5-2-4-17(12-18)24(25,26)27/h2,4-9,12,20,33H,3,10-11H2,1H3,(H,30,35). The van der Waals surface area contributed by atoms with E-state index in [1.54, 1.807) is 12.1 Å². The number of hydrogen-bond donors (Lipinski definition) is 2. The molecule has 0 spiro atoms. The molecule has 2 aromatic carbocycles. The fourth-order valence-corrected chi connectivity index (χ4v) is 4.04. The zero-order valence-corrected chi connectivity index (χ0v) is 18.9. The van der Waals surface area contributed by atoms with E-state index in [1.165, 1.54) is 36.1 Å². The molecular weight excluding hydrogens is 479 g/mol. The molecule has 0 fully saturated rings. The highest BCUT2D eigenvalue weighted by Crippen LogP contribution is 2.42. The van der Waals surface area contributed by atoms with Crippen LogP contribution in [-0.2, 0) is 15.7 Å². The molecule has 0 radical (unpaired) electrons. The second-order valence-electron chi connectivity index (χ2n) is 7.93. The molecule has 36 heavy (non-hydrogen) atoms. The van der Waals surface area contributed by atoms with Crippen molar-refractivity contribution in [3.63, 3.8) is 0 Å². The van der Waals surface area contributed by atoms with E-state index in [0.717, 1.165) is 16.7 Å². The number of aromatic amines is 1. The molecule has 0 saturated carbocycles. The molecule has 1 aliphatic heterocycles. The number of alkyl halides is 3. The molecule has 0 amide bonds. The summed E-state index contributed by atoms with van der Waals surface area (Å²) in [6.45, 7) is 1.19. The molecule has 2 N–H and O–H groups in total. The van der Waals surface area contributed by atoms with Crippen molar-refractivity contribution in [3.8, 4) is 6.07 Å². The van der Waals surface area contributed by atoms with Gasteiger partial charge in [-0.25, -0.2) is 19.3 Å². The van der Waals surface area contributed by atoms with Crippen molar-refractivity contribution in [1.82, 2.24) is 14.8 Å². The van der Waals surface area contributed by atoms with E-state index >= 15 is 0 Å². The monoisotopic (exact) mass is 499 g/mol. The zero-order chi connectivity index (χ0) is 26.0.